The van der Waals surface area contributed by atoms with Crippen molar-refractivity contribution >= 4 is 21.6 Å². The molecule has 2 heterocycles. The summed E-state index contributed by atoms with van der Waals surface area (Å²) in [6.45, 7) is 0. The first-order chi connectivity index (χ1) is 9.00. The van der Waals surface area contributed by atoms with E-state index in [0.29, 0.717) is 18.7 Å². The van der Waals surface area contributed by atoms with Crippen LogP contribution >= 0.6 is 0 Å². The Bertz CT molecular complexity index is 571. The highest BCUT2D eigenvalue weighted by atomic mass is 32.2. The Labute approximate surface area is 112 Å². The molecule has 1 amide bonds. The maximum absolute atomic E-state index is 12.0. The number of carbonyl (C=O) groups excluding carboxylic acids is 1. The predicted octanol–water partition coefficient (Wildman–Crippen LogP) is 0.430. The number of hydrogen-bond acceptors (Lipinski definition) is 5. The van der Waals surface area contributed by atoms with Gasteiger partial charge in [0.2, 0.25) is 0 Å². The van der Waals surface area contributed by atoms with Crippen LogP contribution in [-0.2, 0) is 9.84 Å². The maximum Gasteiger partial charge on any atom is 0.270 e. The van der Waals surface area contributed by atoms with Gasteiger partial charge in [-0.25, -0.2) is 13.4 Å². The monoisotopic (exact) mass is 283 g/mol. The van der Waals surface area contributed by atoms with Crippen molar-refractivity contribution in [1.82, 2.24) is 10.3 Å². The average molecular weight is 283 g/mol. The molecule has 0 spiro atoms. The lowest BCUT2D eigenvalue weighted by atomic mass is 10.2. The highest BCUT2D eigenvalue weighted by Gasteiger charge is 2.26. The summed E-state index contributed by atoms with van der Waals surface area (Å²) in [5.41, 5.74) is 0.287. The fourth-order valence-corrected chi connectivity index (χ4v) is 3.73. The van der Waals surface area contributed by atoms with Crippen molar-refractivity contribution in [2.24, 2.45) is 0 Å². The molecule has 1 unspecified atom stereocenters. The van der Waals surface area contributed by atoms with Gasteiger partial charge in [-0.1, -0.05) is 6.07 Å². The first kappa shape index (κ1) is 13.8. The van der Waals surface area contributed by atoms with Gasteiger partial charge in [-0.3, -0.25) is 4.79 Å². The van der Waals surface area contributed by atoms with Gasteiger partial charge in [-0.2, -0.15) is 0 Å². The molecule has 6 nitrogen and oxygen atoms in total. The molecule has 0 aromatic carbocycles. The first-order valence-electron chi connectivity index (χ1n) is 6.16. The molecule has 1 aliphatic rings. The number of anilines is 1. The van der Waals surface area contributed by atoms with Gasteiger partial charge in [0.05, 0.1) is 11.5 Å². The largest absolute Gasteiger partial charge is 0.373 e. The summed E-state index contributed by atoms with van der Waals surface area (Å²) in [6.07, 6.45) is 1.29. The van der Waals surface area contributed by atoms with Crippen LogP contribution in [0.2, 0.25) is 0 Å². The van der Waals surface area contributed by atoms with Crippen molar-refractivity contribution in [3.8, 4) is 0 Å². The summed E-state index contributed by atoms with van der Waals surface area (Å²) < 4.78 is 23.0. The fraction of sp³-hybridized carbons (Fsp3) is 0.500. The van der Waals surface area contributed by atoms with Crippen molar-refractivity contribution in [1.29, 1.82) is 0 Å². The van der Waals surface area contributed by atoms with Crippen molar-refractivity contribution < 1.29 is 13.2 Å². The first-order valence-corrected chi connectivity index (χ1v) is 7.98. The van der Waals surface area contributed by atoms with Crippen LogP contribution in [0.4, 0.5) is 5.82 Å². The molecule has 1 aromatic rings. The number of aromatic nitrogens is 1. The molecular weight excluding hydrogens is 266 g/mol. The second-order valence-electron chi connectivity index (χ2n) is 4.59. The molecular formula is C12H17N3O3S. The topological polar surface area (TPSA) is 88.2 Å². The van der Waals surface area contributed by atoms with E-state index < -0.39 is 9.84 Å². The molecule has 1 atom stereocenters. The van der Waals surface area contributed by atoms with Crippen LogP contribution in [0.1, 0.15) is 23.3 Å². The number of hydrogen-bond donors (Lipinski definition) is 2. The third-order valence-electron chi connectivity index (χ3n) is 3.04. The van der Waals surface area contributed by atoms with Crippen molar-refractivity contribution in [2.75, 3.05) is 23.9 Å². The van der Waals surface area contributed by atoms with Gasteiger partial charge in [0, 0.05) is 13.1 Å². The van der Waals surface area contributed by atoms with Crippen LogP contribution in [0.15, 0.2) is 18.2 Å². The SMILES string of the molecule is CNc1cccc(C(=O)NC2CCCS(=O)(=O)C2)n1. The summed E-state index contributed by atoms with van der Waals surface area (Å²) >= 11 is 0. The second-order valence-corrected chi connectivity index (χ2v) is 6.81. The van der Waals surface area contributed by atoms with E-state index in [0.717, 1.165) is 0 Å². The van der Waals surface area contributed by atoms with Gasteiger partial charge in [0.1, 0.15) is 11.5 Å². The summed E-state index contributed by atoms with van der Waals surface area (Å²) in [4.78, 5) is 16.1. The van der Waals surface area contributed by atoms with Crippen LogP contribution in [-0.4, -0.2) is 43.9 Å². The third kappa shape index (κ3) is 3.66. The van der Waals surface area contributed by atoms with E-state index in [1.54, 1.807) is 25.2 Å². The molecule has 0 aliphatic carbocycles. The van der Waals surface area contributed by atoms with E-state index in [2.05, 4.69) is 15.6 Å². The molecule has 0 bridgehead atoms. The van der Waals surface area contributed by atoms with Gasteiger partial charge < -0.3 is 10.6 Å². The second kappa shape index (κ2) is 5.56. The zero-order valence-corrected chi connectivity index (χ0v) is 11.5. The summed E-state index contributed by atoms with van der Waals surface area (Å²) in [6, 6.07) is 4.77. The van der Waals surface area contributed by atoms with Crippen LogP contribution in [0.25, 0.3) is 0 Å². The minimum Gasteiger partial charge on any atom is -0.373 e. The summed E-state index contributed by atoms with van der Waals surface area (Å²) in [7, 11) is -1.30. The molecule has 1 saturated heterocycles. The number of nitrogens with zero attached hydrogens (tertiary/aromatic N) is 1. The fourth-order valence-electron chi connectivity index (χ4n) is 2.10. The summed E-state index contributed by atoms with van der Waals surface area (Å²) in [5, 5.41) is 5.59. The van der Waals surface area contributed by atoms with E-state index in [1.165, 1.54) is 0 Å². The van der Waals surface area contributed by atoms with Gasteiger partial charge in [0.15, 0.2) is 9.84 Å². The van der Waals surface area contributed by atoms with E-state index in [9.17, 15) is 13.2 Å². The van der Waals surface area contributed by atoms with Gasteiger partial charge in [-0.05, 0) is 25.0 Å². The Kier molecular flexibility index (Phi) is 4.04. The number of pyridine rings is 1. The van der Waals surface area contributed by atoms with Crippen molar-refractivity contribution in [2.45, 2.75) is 18.9 Å². The highest BCUT2D eigenvalue weighted by Crippen LogP contribution is 2.13. The van der Waals surface area contributed by atoms with Crippen molar-refractivity contribution in [3.63, 3.8) is 0 Å². The molecule has 2 rings (SSSR count). The molecule has 104 valence electrons. The molecule has 1 aliphatic heterocycles. The number of amides is 1. The standard InChI is InChI=1S/C12H17N3O3S/c1-13-11-6-2-5-10(15-11)12(16)14-9-4-3-7-19(17,18)8-9/h2,5-6,9H,3-4,7-8H2,1H3,(H,13,15)(H,14,16). The molecule has 2 N–H and O–H groups in total. The Morgan fingerprint density at radius 3 is 2.89 bits per heavy atom. The van der Waals surface area contributed by atoms with Crippen LogP contribution in [0.5, 0.6) is 0 Å². The number of nitrogens with one attached hydrogen (secondary N) is 2. The number of carbonyl (C=O) groups is 1. The van der Waals surface area contributed by atoms with Gasteiger partial charge in [-0.15, -0.1) is 0 Å². The van der Waals surface area contributed by atoms with Gasteiger partial charge in [0.25, 0.3) is 5.91 Å². The molecule has 0 radical (unpaired) electrons. The Hall–Kier alpha value is -1.63. The normalized spacial score (nSPS) is 21.6. The molecule has 1 fully saturated rings. The Morgan fingerprint density at radius 1 is 1.42 bits per heavy atom. The number of sulfone groups is 1. The Balaban J connectivity index is 2.04. The van der Waals surface area contributed by atoms with Crippen LogP contribution in [0.3, 0.4) is 0 Å². The quantitative estimate of drug-likeness (QED) is 0.840. The minimum atomic E-state index is -3.02. The molecule has 19 heavy (non-hydrogen) atoms. The lowest BCUT2D eigenvalue weighted by molar-refractivity contribution is 0.0933. The van der Waals surface area contributed by atoms with Crippen LogP contribution in [0, 0.1) is 0 Å². The zero-order chi connectivity index (χ0) is 13.9. The van der Waals surface area contributed by atoms with E-state index >= 15 is 0 Å². The van der Waals surface area contributed by atoms with E-state index in [-0.39, 0.29) is 29.1 Å². The van der Waals surface area contributed by atoms with Gasteiger partial charge >= 0.3 is 0 Å². The lowest BCUT2D eigenvalue weighted by Gasteiger charge is -2.22. The molecule has 1 aromatic heterocycles. The number of rotatable bonds is 3. The maximum atomic E-state index is 12.0. The third-order valence-corrected chi connectivity index (χ3v) is 4.86. The summed E-state index contributed by atoms with van der Waals surface area (Å²) in [5.74, 6) is 0.500. The lowest BCUT2D eigenvalue weighted by Crippen LogP contribution is -2.43. The zero-order valence-electron chi connectivity index (χ0n) is 10.7. The highest BCUT2D eigenvalue weighted by molar-refractivity contribution is 7.91. The van der Waals surface area contributed by atoms with E-state index in [4.69, 9.17) is 0 Å². The minimum absolute atomic E-state index is 0.0183. The van der Waals surface area contributed by atoms with Crippen molar-refractivity contribution in [3.05, 3.63) is 23.9 Å². The van der Waals surface area contributed by atoms with Crippen LogP contribution < -0.4 is 10.6 Å². The predicted molar refractivity (Wildman–Crippen MR) is 72.9 cm³/mol. The molecule has 7 heteroatoms. The average Bonchev–Trinajstić information content (AvgIpc) is 2.37. The smallest absolute Gasteiger partial charge is 0.270 e. The Morgan fingerprint density at radius 2 is 2.21 bits per heavy atom. The molecule has 0 saturated carbocycles. The van der Waals surface area contributed by atoms with E-state index in [1.807, 2.05) is 0 Å².